The first kappa shape index (κ1) is 19.0. The number of hydrogen-bond acceptors (Lipinski definition) is 2. The molecular weight excluding hydrogens is 368 g/mol. The van der Waals surface area contributed by atoms with Gasteiger partial charge < -0.3 is 10.2 Å². The molecule has 0 heterocycles. The summed E-state index contributed by atoms with van der Waals surface area (Å²) in [4.78, 5) is 26.7. The minimum atomic E-state index is -0.130. The fourth-order valence-electron chi connectivity index (χ4n) is 3.27. The molecule has 0 bridgehead atoms. The number of hydrogen-bond donors (Lipinski definition) is 1. The number of halogens is 1. The van der Waals surface area contributed by atoms with Gasteiger partial charge in [-0.25, -0.2) is 0 Å². The highest BCUT2D eigenvalue weighted by Gasteiger charge is 2.24. The number of benzene rings is 1. The zero-order valence-electron chi connectivity index (χ0n) is 14.4. The minimum Gasteiger partial charge on any atom is -0.352 e. The predicted octanol–water partition coefficient (Wildman–Crippen LogP) is 4.14. The van der Waals surface area contributed by atoms with Gasteiger partial charge >= 0.3 is 0 Å². The summed E-state index contributed by atoms with van der Waals surface area (Å²) in [5.41, 5.74) is 0.614. The van der Waals surface area contributed by atoms with E-state index in [2.05, 4.69) is 28.2 Å². The van der Waals surface area contributed by atoms with E-state index in [0.717, 1.165) is 30.3 Å². The third kappa shape index (κ3) is 5.62. The molecule has 1 fully saturated rings. The van der Waals surface area contributed by atoms with Gasteiger partial charge in [0.05, 0.1) is 0 Å². The highest BCUT2D eigenvalue weighted by atomic mass is 79.9. The van der Waals surface area contributed by atoms with Crippen molar-refractivity contribution in [2.45, 2.75) is 57.9 Å². The van der Waals surface area contributed by atoms with E-state index in [1.165, 1.54) is 19.3 Å². The maximum atomic E-state index is 12.6. The second kappa shape index (κ2) is 9.82. The summed E-state index contributed by atoms with van der Waals surface area (Å²) in [7, 11) is 0. The van der Waals surface area contributed by atoms with Crippen molar-refractivity contribution in [3.63, 3.8) is 0 Å². The zero-order valence-corrected chi connectivity index (χ0v) is 16.0. The summed E-state index contributed by atoms with van der Waals surface area (Å²) in [5, 5.41) is 2.85. The molecular formula is C19H27BrN2O2. The van der Waals surface area contributed by atoms with E-state index in [4.69, 9.17) is 0 Å². The molecule has 0 spiro atoms. The molecule has 1 aromatic rings. The van der Waals surface area contributed by atoms with Crippen molar-refractivity contribution in [2.75, 3.05) is 13.1 Å². The molecule has 1 saturated carbocycles. The van der Waals surface area contributed by atoms with Crippen LogP contribution in [0.4, 0.5) is 0 Å². The number of nitrogens with one attached hydrogen (secondary N) is 1. The molecule has 0 radical (unpaired) electrons. The third-order valence-corrected chi connectivity index (χ3v) is 5.06. The van der Waals surface area contributed by atoms with Crippen molar-refractivity contribution in [1.29, 1.82) is 0 Å². The van der Waals surface area contributed by atoms with Crippen LogP contribution in [0.25, 0.3) is 0 Å². The van der Waals surface area contributed by atoms with Crippen LogP contribution in [0.2, 0.25) is 0 Å². The van der Waals surface area contributed by atoms with E-state index >= 15 is 0 Å². The van der Waals surface area contributed by atoms with E-state index in [1.807, 2.05) is 17.0 Å². The fourth-order valence-corrected chi connectivity index (χ4v) is 3.54. The monoisotopic (exact) mass is 394 g/mol. The summed E-state index contributed by atoms with van der Waals surface area (Å²) >= 11 is 3.35. The van der Waals surface area contributed by atoms with Gasteiger partial charge in [-0.3, -0.25) is 9.59 Å². The van der Waals surface area contributed by atoms with Gasteiger partial charge in [0.2, 0.25) is 5.91 Å². The Morgan fingerprint density at radius 1 is 1.17 bits per heavy atom. The first-order chi connectivity index (χ1) is 11.6. The van der Waals surface area contributed by atoms with Gasteiger partial charge in [0, 0.05) is 35.6 Å². The Morgan fingerprint density at radius 2 is 1.83 bits per heavy atom. The highest BCUT2D eigenvalue weighted by Crippen LogP contribution is 2.23. The highest BCUT2D eigenvalue weighted by molar-refractivity contribution is 9.10. The maximum Gasteiger partial charge on any atom is 0.251 e. The summed E-state index contributed by atoms with van der Waals surface area (Å²) in [6, 6.07) is 7.62. The van der Waals surface area contributed by atoms with Crippen molar-refractivity contribution >= 4 is 27.7 Å². The molecule has 0 aromatic heterocycles. The normalized spacial score (nSPS) is 15.1. The predicted molar refractivity (Wildman–Crippen MR) is 100.0 cm³/mol. The molecule has 1 aliphatic rings. The number of rotatable bonds is 7. The lowest BCUT2D eigenvalue weighted by Gasteiger charge is -2.34. The van der Waals surface area contributed by atoms with E-state index in [0.29, 0.717) is 24.6 Å². The lowest BCUT2D eigenvalue weighted by Crippen LogP contribution is -2.43. The summed E-state index contributed by atoms with van der Waals surface area (Å²) in [6.07, 6.45) is 7.32. The number of amides is 2. The van der Waals surface area contributed by atoms with Gasteiger partial charge in [-0.1, -0.05) is 42.1 Å². The molecule has 1 aromatic carbocycles. The number of carbonyl (C=O) groups is 2. The largest absolute Gasteiger partial charge is 0.352 e. The third-order valence-electron chi connectivity index (χ3n) is 4.53. The van der Waals surface area contributed by atoms with Gasteiger partial charge in [0.1, 0.15) is 0 Å². The summed E-state index contributed by atoms with van der Waals surface area (Å²) in [5.74, 6) is 0.0369. The van der Waals surface area contributed by atoms with Crippen LogP contribution < -0.4 is 5.32 Å². The Bertz CT molecular complexity index is 539. The number of nitrogens with zero attached hydrogens (tertiary/aromatic N) is 1. The first-order valence-corrected chi connectivity index (χ1v) is 9.74. The second-order valence-corrected chi connectivity index (χ2v) is 7.31. The molecule has 5 heteroatoms. The van der Waals surface area contributed by atoms with Crippen molar-refractivity contribution in [2.24, 2.45) is 0 Å². The Labute approximate surface area is 153 Å². The molecule has 0 saturated heterocycles. The molecule has 132 valence electrons. The standard InChI is InChI=1S/C19H27BrN2O2/c1-2-14-22(17-6-4-3-5-7-17)18(23)12-13-21-19(24)15-8-10-16(20)11-9-15/h8-11,17H,2-7,12-14H2,1H3,(H,21,24). The van der Waals surface area contributed by atoms with E-state index < -0.39 is 0 Å². The van der Waals surface area contributed by atoms with Crippen LogP contribution in [0, 0.1) is 0 Å². The van der Waals surface area contributed by atoms with Gasteiger partial charge in [-0.15, -0.1) is 0 Å². The molecule has 1 N–H and O–H groups in total. The number of carbonyl (C=O) groups excluding carboxylic acids is 2. The minimum absolute atomic E-state index is 0.130. The maximum absolute atomic E-state index is 12.6. The van der Waals surface area contributed by atoms with Gasteiger partial charge in [0.15, 0.2) is 0 Å². The van der Waals surface area contributed by atoms with Crippen LogP contribution in [0.15, 0.2) is 28.7 Å². The second-order valence-electron chi connectivity index (χ2n) is 6.39. The van der Waals surface area contributed by atoms with Crippen molar-refractivity contribution in [1.82, 2.24) is 10.2 Å². The van der Waals surface area contributed by atoms with Crippen LogP contribution in [-0.2, 0) is 4.79 Å². The Balaban J connectivity index is 1.81. The lowest BCUT2D eigenvalue weighted by molar-refractivity contribution is -0.134. The van der Waals surface area contributed by atoms with E-state index in [9.17, 15) is 9.59 Å². The average Bonchev–Trinajstić information content (AvgIpc) is 2.60. The van der Waals surface area contributed by atoms with Gasteiger partial charge in [0.25, 0.3) is 5.91 Å². The molecule has 24 heavy (non-hydrogen) atoms. The molecule has 1 aliphatic carbocycles. The van der Waals surface area contributed by atoms with Crippen LogP contribution in [0.3, 0.4) is 0 Å². The van der Waals surface area contributed by atoms with E-state index in [-0.39, 0.29) is 11.8 Å². The molecule has 2 amide bonds. The average molecular weight is 395 g/mol. The topological polar surface area (TPSA) is 49.4 Å². The van der Waals surface area contributed by atoms with E-state index in [1.54, 1.807) is 12.1 Å². The van der Waals surface area contributed by atoms with Crippen LogP contribution in [0.5, 0.6) is 0 Å². The van der Waals surface area contributed by atoms with Crippen LogP contribution in [0.1, 0.15) is 62.2 Å². The van der Waals surface area contributed by atoms with Crippen LogP contribution in [-0.4, -0.2) is 35.8 Å². The van der Waals surface area contributed by atoms with Gasteiger partial charge in [-0.05, 0) is 43.5 Å². The SMILES string of the molecule is CCCN(C(=O)CCNC(=O)c1ccc(Br)cc1)C1CCCCC1. The summed E-state index contributed by atoms with van der Waals surface area (Å²) < 4.78 is 0.942. The Morgan fingerprint density at radius 3 is 2.46 bits per heavy atom. The van der Waals surface area contributed by atoms with Crippen molar-refractivity contribution in [3.8, 4) is 0 Å². The summed E-state index contributed by atoms with van der Waals surface area (Å²) in [6.45, 7) is 3.32. The molecule has 0 aliphatic heterocycles. The lowest BCUT2D eigenvalue weighted by atomic mass is 9.94. The zero-order chi connectivity index (χ0) is 17.4. The van der Waals surface area contributed by atoms with Crippen LogP contribution >= 0.6 is 15.9 Å². The first-order valence-electron chi connectivity index (χ1n) is 8.95. The Kier molecular flexibility index (Phi) is 7.76. The molecule has 2 rings (SSSR count). The van der Waals surface area contributed by atoms with Crippen molar-refractivity contribution < 1.29 is 9.59 Å². The molecule has 4 nitrogen and oxygen atoms in total. The smallest absolute Gasteiger partial charge is 0.251 e. The quantitative estimate of drug-likeness (QED) is 0.755. The molecule has 0 unspecified atom stereocenters. The fraction of sp³-hybridized carbons (Fsp3) is 0.579. The van der Waals surface area contributed by atoms with Gasteiger partial charge in [-0.2, -0.15) is 0 Å². The molecule has 0 atom stereocenters. The Hall–Kier alpha value is -1.36. The van der Waals surface area contributed by atoms with Crippen molar-refractivity contribution in [3.05, 3.63) is 34.3 Å².